The fourth-order valence-corrected chi connectivity index (χ4v) is 3.20. The van der Waals surface area contributed by atoms with Crippen LogP contribution in [0.1, 0.15) is 17.5 Å². The molecule has 0 radical (unpaired) electrons. The maximum Gasteiger partial charge on any atom is 0.416 e. The van der Waals surface area contributed by atoms with Crippen molar-refractivity contribution in [3.63, 3.8) is 0 Å². The highest BCUT2D eigenvalue weighted by atomic mass is 19.4. The first-order chi connectivity index (χ1) is 10.3. The van der Waals surface area contributed by atoms with E-state index in [2.05, 4.69) is 4.90 Å². The van der Waals surface area contributed by atoms with E-state index in [1.165, 1.54) is 0 Å². The van der Waals surface area contributed by atoms with Gasteiger partial charge in [0.2, 0.25) is 0 Å². The van der Waals surface area contributed by atoms with Gasteiger partial charge in [0.05, 0.1) is 24.8 Å². The van der Waals surface area contributed by atoms with E-state index < -0.39 is 17.6 Å². The summed E-state index contributed by atoms with van der Waals surface area (Å²) in [5, 5.41) is 0. The van der Waals surface area contributed by atoms with Gasteiger partial charge in [0.15, 0.2) is 0 Å². The number of ether oxygens (including phenoxy) is 1. The van der Waals surface area contributed by atoms with E-state index in [9.17, 15) is 17.6 Å². The van der Waals surface area contributed by atoms with Crippen LogP contribution in [-0.2, 0) is 17.3 Å². The monoisotopic (exact) mass is 315 g/mol. The standard InChI is InChI=1S/C16H17F4NO/c1-21-13-5-10(6-14(21)9-22-8-13)4-11-7-12(17)2-3-15(11)16(18,19)20/h2-3,5,7,13-14H,4,6,8-9H2,1H3. The zero-order chi connectivity index (χ0) is 15.9. The third-order valence-corrected chi connectivity index (χ3v) is 4.41. The number of nitrogens with zero attached hydrogens (tertiary/aromatic N) is 1. The predicted molar refractivity (Wildman–Crippen MR) is 74.0 cm³/mol. The summed E-state index contributed by atoms with van der Waals surface area (Å²) < 4.78 is 58.0. The Hall–Kier alpha value is -1.40. The molecule has 120 valence electrons. The molecule has 1 aromatic carbocycles. The average Bonchev–Trinajstić information content (AvgIpc) is 2.38. The van der Waals surface area contributed by atoms with Crippen LogP contribution in [0.3, 0.4) is 0 Å². The summed E-state index contributed by atoms with van der Waals surface area (Å²) in [5.41, 5.74) is 0.171. The lowest BCUT2D eigenvalue weighted by Crippen LogP contribution is -2.51. The van der Waals surface area contributed by atoms with Crippen LogP contribution in [-0.4, -0.2) is 37.2 Å². The second kappa shape index (κ2) is 5.66. The van der Waals surface area contributed by atoms with E-state index in [4.69, 9.17) is 4.74 Å². The van der Waals surface area contributed by atoms with Gasteiger partial charge >= 0.3 is 6.18 Å². The average molecular weight is 315 g/mol. The van der Waals surface area contributed by atoms with Crippen LogP contribution in [0, 0.1) is 5.82 Å². The minimum atomic E-state index is -4.46. The summed E-state index contributed by atoms with van der Waals surface area (Å²) >= 11 is 0. The van der Waals surface area contributed by atoms with E-state index in [-0.39, 0.29) is 24.1 Å². The Morgan fingerprint density at radius 3 is 2.73 bits per heavy atom. The van der Waals surface area contributed by atoms with Gasteiger partial charge in [0.25, 0.3) is 0 Å². The largest absolute Gasteiger partial charge is 0.416 e. The molecular formula is C16H17F4NO. The highest BCUT2D eigenvalue weighted by Crippen LogP contribution is 2.35. The van der Waals surface area contributed by atoms with E-state index in [1.807, 2.05) is 13.1 Å². The van der Waals surface area contributed by atoms with Gasteiger partial charge in [-0.25, -0.2) is 4.39 Å². The van der Waals surface area contributed by atoms with Crippen LogP contribution in [0.25, 0.3) is 0 Å². The molecule has 0 spiro atoms. The summed E-state index contributed by atoms with van der Waals surface area (Å²) in [4.78, 5) is 2.18. The molecule has 0 aromatic heterocycles. The SMILES string of the molecule is CN1C2C=C(Cc3cc(F)ccc3C(F)(F)F)CC1COC2. The van der Waals surface area contributed by atoms with E-state index in [0.717, 1.165) is 23.8 Å². The van der Waals surface area contributed by atoms with Gasteiger partial charge in [-0.1, -0.05) is 11.6 Å². The molecule has 2 unspecified atom stereocenters. The Labute approximate surface area is 126 Å². The summed E-state index contributed by atoms with van der Waals surface area (Å²) in [6, 6.07) is 2.95. The minimum absolute atomic E-state index is 0.00212. The molecular weight excluding hydrogens is 298 g/mol. The van der Waals surface area contributed by atoms with Gasteiger partial charge in [-0.2, -0.15) is 13.2 Å². The van der Waals surface area contributed by atoms with Crippen LogP contribution in [0.4, 0.5) is 17.6 Å². The Bertz CT molecular complexity index is 596. The summed E-state index contributed by atoms with van der Waals surface area (Å²) in [7, 11) is 1.99. The van der Waals surface area contributed by atoms with Gasteiger partial charge in [-0.15, -0.1) is 0 Å². The highest BCUT2D eigenvalue weighted by Gasteiger charge is 2.35. The first-order valence-electron chi connectivity index (χ1n) is 7.19. The van der Waals surface area contributed by atoms with E-state index in [0.29, 0.717) is 19.6 Å². The number of hydrogen-bond acceptors (Lipinski definition) is 2. The molecule has 2 nitrogen and oxygen atoms in total. The number of morpholine rings is 1. The zero-order valence-corrected chi connectivity index (χ0v) is 12.2. The fraction of sp³-hybridized carbons (Fsp3) is 0.500. The topological polar surface area (TPSA) is 12.5 Å². The van der Waals surface area contributed by atoms with Crippen molar-refractivity contribution in [3.05, 3.63) is 46.8 Å². The zero-order valence-electron chi connectivity index (χ0n) is 12.2. The summed E-state index contributed by atoms with van der Waals surface area (Å²) in [6.07, 6.45) is -1.72. The van der Waals surface area contributed by atoms with Crippen LogP contribution in [0.2, 0.25) is 0 Å². The maximum atomic E-state index is 13.4. The molecule has 3 rings (SSSR count). The smallest absolute Gasteiger partial charge is 0.378 e. The van der Waals surface area contributed by atoms with Crippen molar-refractivity contribution in [2.45, 2.75) is 31.1 Å². The molecule has 2 aliphatic heterocycles. The molecule has 2 heterocycles. The fourth-order valence-electron chi connectivity index (χ4n) is 3.20. The minimum Gasteiger partial charge on any atom is -0.378 e. The summed E-state index contributed by atoms with van der Waals surface area (Å²) in [5.74, 6) is -0.639. The van der Waals surface area contributed by atoms with Crippen molar-refractivity contribution in [2.75, 3.05) is 20.3 Å². The highest BCUT2D eigenvalue weighted by molar-refractivity contribution is 5.35. The first kappa shape index (κ1) is 15.5. The molecule has 2 aliphatic rings. The Morgan fingerprint density at radius 1 is 1.27 bits per heavy atom. The lowest BCUT2D eigenvalue weighted by Gasteiger charge is -2.42. The lowest BCUT2D eigenvalue weighted by molar-refractivity contribution is -0.138. The van der Waals surface area contributed by atoms with Crippen molar-refractivity contribution in [2.24, 2.45) is 0 Å². The summed E-state index contributed by atoms with van der Waals surface area (Å²) in [6.45, 7) is 1.13. The number of alkyl halides is 3. The molecule has 0 saturated carbocycles. The normalized spacial score (nSPS) is 26.0. The van der Waals surface area contributed by atoms with Gasteiger partial charge in [0.1, 0.15) is 5.82 Å². The number of hydrogen-bond donors (Lipinski definition) is 0. The molecule has 0 amide bonds. The van der Waals surface area contributed by atoms with E-state index >= 15 is 0 Å². The van der Waals surface area contributed by atoms with Crippen LogP contribution < -0.4 is 0 Å². The van der Waals surface area contributed by atoms with Crippen molar-refractivity contribution in [1.82, 2.24) is 4.90 Å². The number of fused-ring (bicyclic) bond motifs is 2. The molecule has 2 bridgehead atoms. The molecule has 0 N–H and O–H groups in total. The second-order valence-electron chi connectivity index (χ2n) is 5.93. The molecule has 1 aromatic rings. The Morgan fingerprint density at radius 2 is 2.05 bits per heavy atom. The van der Waals surface area contributed by atoms with Crippen LogP contribution in [0.15, 0.2) is 29.8 Å². The quantitative estimate of drug-likeness (QED) is 0.612. The molecule has 22 heavy (non-hydrogen) atoms. The number of likely N-dealkylation sites (N-methyl/N-ethyl adjacent to an activating group) is 1. The number of benzene rings is 1. The van der Waals surface area contributed by atoms with Crippen LogP contribution >= 0.6 is 0 Å². The first-order valence-corrected chi connectivity index (χ1v) is 7.19. The molecule has 2 atom stereocenters. The molecule has 1 fully saturated rings. The number of halogens is 4. The lowest BCUT2D eigenvalue weighted by atomic mass is 9.89. The van der Waals surface area contributed by atoms with Crippen molar-refractivity contribution in [1.29, 1.82) is 0 Å². The van der Waals surface area contributed by atoms with Crippen molar-refractivity contribution >= 4 is 0 Å². The van der Waals surface area contributed by atoms with Gasteiger partial charge in [0, 0.05) is 6.04 Å². The number of rotatable bonds is 2. The van der Waals surface area contributed by atoms with Crippen molar-refractivity contribution in [3.8, 4) is 0 Å². The van der Waals surface area contributed by atoms with Crippen molar-refractivity contribution < 1.29 is 22.3 Å². The molecule has 0 aliphatic carbocycles. The Balaban J connectivity index is 1.89. The van der Waals surface area contributed by atoms with Crippen LogP contribution in [0.5, 0.6) is 0 Å². The molecule has 6 heteroatoms. The second-order valence-corrected chi connectivity index (χ2v) is 5.93. The Kier molecular flexibility index (Phi) is 3.99. The third kappa shape index (κ3) is 3.03. The molecule has 1 saturated heterocycles. The third-order valence-electron chi connectivity index (χ3n) is 4.41. The van der Waals surface area contributed by atoms with Gasteiger partial charge < -0.3 is 4.74 Å². The van der Waals surface area contributed by atoms with E-state index in [1.54, 1.807) is 0 Å². The predicted octanol–water partition coefficient (Wildman–Crippen LogP) is 3.42. The van der Waals surface area contributed by atoms with Gasteiger partial charge in [-0.05, 0) is 43.7 Å². The maximum absolute atomic E-state index is 13.4. The van der Waals surface area contributed by atoms with Gasteiger partial charge in [-0.3, -0.25) is 4.90 Å².